The molecule has 1 aromatic carbocycles. The molecule has 2 aliphatic rings. The molecule has 0 spiro atoms. The predicted octanol–water partition coefficient (Wildman–Crippen LogP) is 3.06. The molecule has 130 valence electrons. The summed E-state index contributed by atoms with van der Waals surface area (Å²) in [6.07, 6.45) is 8.58. The van der Waals surface area contributed by atoms with Gasteiger partial charge < -0.3 is 15.4 Å². The number of para-hydroxylation sites is 1. The van der Waals surface area contributed by atoms with Gasteiger partial charge in [0.2, 0.25) is 0 Å². The smallest absolute Gasteiger partial charge is 0.0599 e. The van der Waals surface area contributed by atoms with Gasteiger partial charge in [0.1, 0.15) is 0 Å². The van der Waals surface area contributed by atoms with Crippen LogP contribution in [0.2, 0.25) is 0 Å². The van der Waals surface area contributed by atoms with Gasteiger partial charge >= 0.3 is 0 Å². The number of fused-ring (bicyclic) bond motifs is 1. The summed E-state index contributed by atoms with van der Waals surface area (Å²) in [5.74, 6) is 1.36. The topological polar surface area (TPSA) is 51.3 Å². The van der Waals surface area contributed by atoms with Crippen molar-refractivity contribution in [1.82, 2.24) is 15.2 Å². The number of nitrogens with zero attached hydrogens (tertiary/aromatic N) is 1. The number of aliphatic hydroxyl groups is 1. The van der Waals surface area contributed by atoms with Crippen LogP contribution in [0, 0.1) is 5.92 Å². The number of piperidine rings is 2. The number of aromatic amines is 1. The van der Waals surface area contributed by atoms with E-state index in [4.69, 9.17) is 0 Å². The molecule has 2 aromatic rings. The average molecular weight is 327 g/mol. The number of benzene rings is 1. The largest absolute Gasteiger partial charge is 0.396 e. The molecule has 0 amide bonds. The first-order valence-electron chi connectivity index (χ1n) is 9.49. The zero-order chi connectivity index (χ0) is 16.4. The molecule has 2 unspecified atom stereocenters. The minimum Gasteiger partial charge on any atom is -0.396 e. The van der Waals surface area contributed by atoms with E-state index in [2.05, 4.69) is 45.7 Å². The van der Waals surface area contributed by atoms with E-state index in [0.717, 1.165) is 13.0 Å². The number of hydrogen-bond acceptors (Lipinski definition) is 3. The molecule has 4 nitrogen and oxygen atoms in total. The molecule has 1 aromatic heterocycles. The van der Waals surface area contributed by atoms with E-state index >= 15 is 0 Å². The second-order valence-electron chi connectivity index (χ2n) is 7.47. The first-order valence-corrected chi connectivity index (χ1v) is 9.49. The third-order valence-electron chi connectivity index (χ3n) is 6.06. The Morgan fingerprint density at radius 1 is 1.12 bits per heavy atom. The normalized spacial score (nSPS) is 26.9. The van der Waals surface area contributed by atoms with Gasteiger partial charge in [-0.15, -0.1) is 0 Å². The summed E-state index contributed by atoms with van der Waals surface area (Å²) in [4.78, 5) is 6.06. The number of rotatable bonds is 4. The maximum Gasteiger partial charge on any atom is 0.0599 e. The van der Waals surface area contributed by atoms with E-state index in [9.17, 15) is 5.11 Å². The lowest BCUT2D eigenvalue weighted by atomic mass is 9.87. The van der Waals surface area contributed by atoms with Crippen LogP contribution in [-0.4, -0.2) is 47.4 Å². The number of likely N-dealkylation sites (tertiary alicyclic amines) is 1. The maximum atomic E-state index is 9.21. The highest BCUT2D eigenvalue weighted by Crippen LogP contribution is 2.34. The minimum absolute atomic E-state index is 0.333. The quantitative estimate of drug-likeness (QED) is 0.809. The molecule has 3 N–H and O–H groups in total. The Labute approximate surface area is 144 Å². The molecular weight excluding hydrogens is 298 g/mol. The van der Waals surface area contributed by atoms with Gasteiger partial charge in [-0.1, -0.05) is 18.2 Å². The summed E-state index contributed by atoms with van der Waals surface area (Å²) in [5, 5.41) is 14.3. The fourth-order valence-corrected chi connectivity index (χ4v) is 4.65. The number of hydrogen-bond donors (Lipinski definition) is 3. The van der Waals surface area contributed by atoms with Crippen LogP contribution in [0.3, 0.4) is 0 Å². The van der Waals surface area contributed by atoms with Crippen molar-refractivity contribution in [2.45, 2.75) is 44.2 Å². The van der Waals surface area contributed by atoms with Crippen LogP contribution < -0.4 is 5.32 Å². The maximum absolute atomic E-state index is 9.21. The van der Waals surface area contributed by atoms with Crippen LogP contribution in [0.1, 0.15) is 43.6 Å². The second kappa shape index (κ2) is 7.26. The molecule has 24 heavy (non-hydrogen) atoms. The van der Waals surface area contributed by atoms with Crippen LogP contribution in [0.5, 0.6) is 0 Å². The molecule has 2 fully saturated rings. The Kier molecular flexibility index (Phi) is 4.88. The first-order chi connectivity index (χ1) is 11.8. The van der Waals surface area contributed by atoms with Gasteiger partial charge in [0.05, 0.1) is 6.17 Å². The van der Waals surface area contributed by atoms with Crippen molar-refractivity contribution in [2.75, 3.05) is 26.2 Å². The van der Waals surface area contributed by atoms with E-state index in [0.29, 0.717) is 24.6 Å². The monoisotopic (exact) mass is 327 g/mol. The fourth-order valence-electron chi connectivity index (χ4n) is 4.65. The summed E-state index contributed by atoms with van der Waals surface area (Å²) in [6.45, 7) is 3.78. The first kappa shape index (κ1) is 16.1. The molecule has 0 saturated carbocycles. The van der Waals surface area contributed by atoms with E-state index in [-0.39, 0.29) is 0 Å². The summed E-state index contributed by atoms with van der Waals surface area (Å²) >= 11 is 0. The van der Waals surface area contributed by atoms with Crippen molar-refractivity contribution in [3.8, 4) is 0 Å². The van der Waals surface area contributed by atoms with Gasteiger partial charge in [-0.25, -0.2) is 0 Å². The number of nitrogens with one attached hydrogen (secondary N) is 2. The van der Waals surface area contributed by atoms with Crippen LogP contribution in [0.15, 0.2) is 30.5 Å². The zero-order valence-electron chi connectivity index (χ0n) is 14.4. The van der Waals surface area contributed by atoms with Crippen molar-refractivity contribution >= 4 is 10.9 Å². The molecule has 2 aliphatic heterocycles. The highest BCUT2D eigenvalue weighted by atomic mass is 16.3. The van der Waals surface area contributed by atoms with Crippen molar-refractivity contribution < 1.29 is 5.11 Å². The van der Waals surface area contributed by atoms with E-state index in [1.54, 1.807) is 0 Å². The number of H-pyrrole nitrogens is 1. The van der Waals surface area contributed by atoms with Crippen LogP contribution in [-0.2, 0) is 0 Å². The predicted molar refractivity (Wildman–Crippen MR) is 98.1 cm³/mol. The third kappa shape index (κ3) is 3.23. The van der Waals surface area contributed by atoms with E-state index < -0.39 is 0 Å². The molecule has 4 rings (SSSR count). The molecular formula is C20H29N3O. The Bertz CT molecular complexity index is 658. The summed E-state index contributed by atoms with van der Waals surface area (Å²) in [6, 6.07) is 8.65. The Balaban J connectivity index is 1.38. The van der Waals surface area contributed by atoms with Gasteiger partial charge in [-0.3, -0.25) is 4.90 Å². The molecule has 0 radical (unpaired) electrons. The lowest BCUT2D eigenvalue weighted by molar-refractivity contribution is 0.0802. The van der Waals surface area contributed by atoms with Crippen molar-refractivity contribution in [2.24, 2.45) is 5.92 Å². The lowest BCUT2D eigenvalue weighted by Crippen LogP contribution is -2.52. The van der Waals surface area contributed by atoms with Gasteiger partial charge in [0.25, 0.3) is 0 Å². The van der Waals surface area contributed by atoms with Crippen molar-refractivity contribution in [3.05, 3.63) is 36.0 Å². The number of aromatic nitrogens is 1. The van der Waals surface area contributed by atoms with Gasteiger partial charge in [0.15, 0.2) is 0 Å². The molecule has 2 saturated heterocycles. The highest BCUT2D eigenvalue weighted by Gasteiger charge is 2.30. The summed E-state index contributed by atoms with van der Waals surface area (Å²) in [5.41, 5.74) is 2.76. The van der Waals surface area contributed by atoms with Crippen molar-refractivity contribution in [3.63, 3.8) is 0 Å². The molecule has 0 aliphatic carbocycles. The minimum atomic E-state index is 0.333. The summed E-state index contributed by atoms with van der Waals surface area (Å²) in [7, 11) is 0. The standard InChI is InChI=1S/C20H29N3O/c24-12-8-15-5-9-21-20(13-15)23-10-6-16(7-11-23)18-14-22-19-4-2-1-3-17(18)19/h1-4,14-16,20-22,24H,5-13H2. The fraction of sp³-hybridized carbons (Fsp3) is 0.600. The summed E-state index contributed by atoms with van der Waals surface area (Å²) < 4.78 is 0. The second-order valence-corrected chi connectivity index (χ2v) is 7.47. The zero-order valence-corrected chi connectivity index (χ0v) is 14.4. The SMILES string of the molecule is OCCC1CCNC(N2CCC(c3c[nH]c4ccccc34)CC2)C1. The van der Waals surface area contributed by atoms with E-state index in [1.807, 2.05) is 0 Å². The van der Waals surface area contributed by atoms with Crippen LogP contribution >= 0.6 is 0 Å². The van der Waals surface area contributed by atoms with E-state index in [1.165, 1.54) is 55.2 Å². The Morgan fingerprint density at radius 2 is 1.96 bits per heavy atom. The highest BCUT2D eigenvalue weighted by molar-refractivity contribution is 5.83. The molecule has 2 atom stereocenters. The van der Waals surface area contributed by atoms with Gasteiger partial charge in [-0.2, -0.15) is 0 Å². The van der Waals surface area contributed by atoms with Crippen LogP contribution in [0.4, 0.5) is 0 Å². The lowest BCUT2D eigenvalue weighted by Gasteiger charge is -2.41. The van der Waals surface area contributed by atoms with Crippen LogP contribution in [0.25, 0.3) is 10.9 Å². The van der Waals surface area contributed by atoms with Gasteiger partial charge in [-0.05, 0) is 62.1 Å². The molecule has 4 heteroatoms. The van der Waals surface area contributed by atoms with Gasteiger partial charge in [0, 0.05) is 36.8 Å². The number of aliphatic hydroxyl groups excluding tert-OH is 1. The third-order valence-corrected chi connectivity index (χ3v) is 6.06. The van der Waals surface area contributed by atoms with Crippen molar-refractivity contribution in [1.29, 1.82) is 0 Å². The molecule has 0 bridgehead atoms. The molecule has 3 heterocycles. The Morgan fingerprint density at radius 3 is 2.79 bits per heavy atom. The average Bonchev–Trinajstić information content (AvgIpc) is 3.07. The Hall–Kier alpha value is -1.36.